The van der Waals surface area contributed by atoms with Crippen molar-refractivity contribution in [2.45, 2.75) is 24.0 Å². The average molecular weight is 303 g/mol. The molecule has 18 heavy (non-hydrogen) atoms. The summed E-state index contributed by atoms with van der Waals surface area (Å²) in [7, 11) is -3.57. The molecule has 0 saturated heterocycles. The Hall–Kier alpha value is -1.12. The molecule has 0 fully saturated rings. The summed E-state index contributed by atoms with van der Waals surface area (Å²) in [5, 5.41) is 3.83. The first-order valence-electron chi connectivity index (χ1n) is 5.21. The van der Waals surface area contributed by atoms with Crippen LogP contribution in [0.25, 0.3) is 0 Å². The van der Waals surface area contributed by atoms with Gasteiger partial charge in [0.25, 0.3) is 10.0 Å². The molecule has 0 spiro atoms. The molecule has 8 heteroatoms. The summed E-state index contributed by atoms with van der Waals surface area (Å²) in [6, 6.07) is 1.43. The minimum absolute atomic E-state index is 0.196. The molecule has 98 valence electrons. The van der Waals surface area contributed by atoms with Gasteiger partial charge in [-0.1, -0.05) is 13.8 Å². The standard InChI is InChI=1S/C10H13N3O2S3/c1-6(2)8-5-17-10(12-8)13-18(14,15)9-3-7(11)4-16-9/h3-6H,11H2,1-2H3,(H,12,13). The van der Waals surface area contributed by atoms with E-state index in [2.05, 4.69) is 9.71 Å². The van der Waals surface area contributed by atoms with E-state index in [1.165, 1.54) is 17.4 Å². The minimum Gasteiger partial charge on any atom is -0.398 e. The van der Waals surface area contributed by atoms with Crippen LogP contribution in [0, 0.1) is 0 Å². The number of nitrogens with two attached hydrogens (primary N) is 1. The van der Waals surface area contributed by atoms with Crippen LogP contribution >= 0.6 is 22.7 Å². The third-order valence-electron chi connectivity index (χ3n) is 2.20. The Bertz CT molecular complexity index is 643. The highest BCUT2D eigenvalue weighted by molar-refractivity contribution is 7.94. The average Bonchev–Trinajstić information content (AvgIpc) is 2.86. The fourth-order valence-electron chi connectivity index (χ4n) is 1.23. The quantitative estimate of drug-likeness (QED) is 0.909. The number of thiazole rings is 1. The van der Waals surface area contributed by atoms with E-state index in [4.69, 9.17) is 5.73 Å². The van der Waals surface area contributed by atoms with Crippen LogP contribution in [0.2, 0.25) is 0 Å². The van der Waals surface area contributed by atoms with Gasteiger partial charge in [0.05, 0.1) is 5.69 Å². The molecule has 0 aliphatic heterocycles. The summed E-state index contributed by atoms with van der Waals surface area (Å²) in [4.78, 5) is 4.23. The predicted molar refractivity (Wildman–Crippen MR) is 75.7 cm³/mol. The third-order valence-corrected chi connectivity index (χ3v) is 5.90. The van der Waals surface area contributed by atoms with Gasteiger partial charge in [-0.2, -0.15) is 0 Å². The number of rotatable bonds is 4. The van der Waals surface area contributed by atoms with Crippen molar-refractivity contribution in [2.75, 3.05) is 10.5 Å². The van der Waals surface area contributed by atoms with Crippen LogP contribution in [0.1, 0.15) is 25.5 Å². The maximum Gasteiger partial charge on any atom is 0.273 e. The van der Waals surface area contributed by atoms with Gasteiger partial charge < -0.3 is 5.73 Å². The summed E-state index contributed by atoms with van der Waals surface area (Å²) < 4.78 is 26.7. The summed E-state index contributed by atoms with van der Waals surface area (Å²) >= 11 is 2.37. The van der Waals surface area contributed by atoms with Gasteiger partial charge in [-0.05, 0) is 12.0 Å². The number of thiophene rings is 1. The number of aromatic nitrogens is 1. The van der Waals surface area contributed by atoms with Crippen LogP contribution in [0.15, 0.2) is 21.0 Å². The Labute approximate surface area is 114 Å². The van der Waals surface area contributed by atoms with Gasteiger partial charge in [0, 0.05) is 16.4 Å². The summed E-state index contributed by atoms with van der Waals surface area (Å²) in [6.45, 7) is 4.01. The zero-order valence-electron chi connectivity index (χ0n) is 9.88. The first-order valence-corrected chi connectivity index (χ1v) is 8.45. The van der Waals surface area contributed by atoms with E-state index in [-0.39, 0.29) is 10.1 Å². The summed E-state index contributed by atoms with van der Waals surface area (Å²) in [5.41, 5.74) is 6.84. The summed E-state index contributed by atoms with van der Waals surface area (Å²) in [5.74, 6) is 0.275. The lowest BCUT2D eigenvalue weighted by Crippen LogP contribution is -2.11. The fraction of sp³-hybridized carbons (Fsp3) is 0.300. The zero-order valence-corrected chi connectivity index (χ0v) is 12.3. The third kappa shape index (κ3) is 2.82. The minimum atomic E-state index is -3.57. The van der Waals surface area contributed by atoms with Crippen molar-refractivity contribution in [2.24, 2.45) is 0 Å². The lowest BCUT2D eigenvalue weighted by atomic mass is 10.2. The van der Waals surface area contributed by atoms with E-state index in [9.17, 15) is 8.42 Å². The van der Waals surface area contributed by atoms with E-state index in [1.54, 1.807) is 5.38 Å². The largest absolute Gasteiger partial charge is 0.398 e. The lowest BCUT2D eigenvalue weighted by molar-refractivity contribution is 0.603. The molecule has 0 atom stereocenters. The maximum absolute atomic E-state index is 12.0. The predicted octanol–water partition coefficient (Wildman–Crippen LogP) is 2.71. The topological polar surface area (TPSA) is 85.1 Å². The molecule has 2 rings (SSSR count). The first kappa shape index (κ1) is 13.3. The van der Waals surface area contributed by atoms with E-state index < -0.39 is 10.0 Å². The number of sulfonamides is 1. The Kier molecular flexibility index (Phi) is 3.60. The van der Waals surface area contributed by atoms with Gasteiger partial charge in [0.15, 0.2) is 5.13 Å². The number of hydrogen-bond donors (Lipinski definition) is 2. The van der Waals surface area contributed by atoms with E-state index in [0.717, 1.165) is 17.0 Å². The molecule has 0 bridgehead atoms. The molecule has 0 aromatic carbocycles. The monoisotopic (exact) mass is 303 g/mol. The maximum atomic E-state index is 12.0. The molecular weight excluding hydrogens is 290 g/mol. The van der Waals surface area contributed by atoms with Crippen LogP contribution < -0.4 is 10.5 Å². The van der Waals surface area contributed by atoms with E-state index in [1.807, 2.05) is 19.2 Å². The molecule has 5 nitrogen and oxygen atoms in total. The fourth-order valence-corrected chi connectivity index (χ4v) is 4.44. The number of nitrogens with zero attached hydrogens (tertiary/aromatic N) is 1. The van der Waals surface area contributed by atoms with E-state index in [0.29, 0.717) is 10.8 Å². The van der Waals surface area contributed by atoms with E-state index >= 15 is 0 Å². The number of hydrogen-bond acceptors (Lipinski definition) is 6. The molecule has 2 aromatic rings. The Morgan fingerprint density at radius 3 is 2.56 bits per heavy atom. The van der Waals surface area contributed by atoms with Gasteiger partial charge in [-0.15, -0.1) is 22.7 Å². The molecule has 0 radical (unpaired) electrons. The van der Waals surface area contributed by atoms with Gasteiger partial charge in [0.2, 0.25) is 0 Å². The van der Waals surface area contributed by atoms with Crippen molar-refractivity contribution >= 4 is 43.5 Å². The Balaban J connectivity index is 2.22. The van der Waals surface area contributed by atoms with Crippen LogP contribution in [0.3, 0.4) is 0 Å². The van der Waals surface area contributed by atoms with Crippen LogP contribution in [0.4, 0.5) is 10.8 Å². The van der Waals surface area contributed by atoms with Crippen LogP contribution in [-0.2, 0) is 10.0 Å². The molecule has 3 N–H and O–H groups in total. The molecule has 0 saturated carbocycles. The van der Waals surface area contributed by atoms with Crippen molar-refractivity contribution < 1.29 is 8.42 Å². The smallest absolute Gasteiger partial charge is 0.273 e. The molecular formula is C10H13N3O2S3. The van der Waals surface area contributed by atoms with Gasteiger partial charge in [0.1, 0.15) is 4.21 Å². The van der Waals surface area contributed by atoms with Crippen molar-refractivity contribution in [1.82, 2.24) is 4.98 Å². The Morgan fingerprint density at radius 1 is 1.33 bits per heavy atom. The number of anilines is 2. The molecule has 0 unspecified atom stereocenters. The first-order chi connectivity index (χ1) is 8.38. The number of nitrogen functional groups attached to an aromatic ring is 1. The van der Waals surface area contributed by atoms with Crippen molar-refractivity contribution in [1.29, 1.82) is 0 Å². The molecule has 2 aromatic heterocycles. The van der Waals surface area contributed by atoms with Crippen LogP contribution in [-0.4, -0.2) is 13.4 Å². The molecule has 0 aliphatic carbocycles. The number of nitrogens with one attached hydrogen (secondary N) is 1. The van der Waals surface area contributed by atoms with Gasteiger partial charge >= 0.3 is 0 Å². The van der Waals surface area contributed by atoms with Crippen LogP contribution in [0.5, 0.6) is 0 Å². The van der Waals surface area contributed by atoms with Crippen molar-refractivity contribution in [3.8, 4) is 0 Å². The highest BCUT2D eigenvalue weighted by Gasteiger charge is 2.18. The van der Waals surface area contributed by atoms with Gasteiger partial charge in [-0.3, -0.25) is 4.72 Å². The molecule has 2 heterocycles. The lowest BCUT2D eigenvalue weighted by Gasteiger charge is -2.02. The van der Waals surface area contributed by atoms with Crippen molar-refractivity contribution in [3.63, 3.8) is 0 Å². The highest BCUT2D eigenvalue weighted by Crippen LogP contribution is 2.27. The highest BCUT2D eigenvalue weighted by atomic mass is 32.2. The SMILES string of the molecule is CC(C)c1csc(NS(=O)(=O)c2cc(N)cs2)n1. The zero-order chi connectivity index (χ0) is 13.3. The summed E-state index contributed by atoms with van der Waals surface area (Å²) in [6.07, 6.45) is 0. The molecule has 0 aliphatic rings. The normalized spacial score (nSPS) is 11.9. The van der Waals surface area contributed by atoms with Gasteiger partial charge in [-0.25, -0.2) is 13.4 Å². The molecule has 0 amide bonds. The second-order valence-electron chi connectivity index (χ2n) is 4.04. The second kappa shape index (κ2) is 4.87. The second-order valence-corrected chi connectivity index (χ2v) is 7.72. The Morgan fingerprint density at radius 2 is 2.06 bits per heavy atom. The van der Waals surface area contributed by atoms with Crippen molar-refractivity contribution in [3.05, 3.63) is 22.5 Å².